The second-order valence-corrected chi connectivity index (χ2v) is 11.3. The van der Waals surface area contributed by atoms with Crippen LogP contribution in [0.1, 0.15) is 10.4 Å². The highest BCUT2D eigenvalue weighted by Crippen LogP contribution is 2.35. The first-order chi connectivity index (χ1) is 20.2. The van der Waals surface area contributed by atoms with Crippen molar-refractivity contribution in [1.29, 1.82) is 0 Å². The van der Waals surface area contributed by atoms with Crippen LogP contribution in [0.3, 0.4) is 0 Å². The van der Waals surface area contributed by atoms with Gasteiger partial charge in [0.25, 0.3) is 15.9 Å². The van der Waals surface area contributed by atoms with Crippen LogP contribution >= 0.6 is 34.8 Å². The van der Waals surface area contributed by atoms with E-state index in [1.807, 2.05) is 0 Å². The van der Waals surface area contributed by atoms with E-state index >= 15 is 0 Å². The summed E-state index contributed by atoms with van der Waals surface area (Å²) in [6.07, 6.45) is -1.11. The first-order valence-electron chi connectivity index (χ1n) is 11.7. The summed E-state index contributed by atoms with van der Waals surface area (Å²) in [7, 11) is -4.29. The van der Waals surface area contributed by atoms with E-state index in [-0.39, 0.29) is 44.5 Å². The molecule has 0 aliphatic carbocycles. The summed E-state index contributed by atoms with van der Waals surface area (Å²) >= 11 is 17.8. The second kappa shape index (κ2) is 13.1. The first kappa shape index (κ1) is 31.9. The molecule has 1 amide bonds. The Balaban J connectivity index is 1.62. The van der Waals surface area contributed by atoms with E-state index in [0.717, 1.165) is 30.5 Å². The molecule has 0 unspecified atom stereocenters. The number of halogens is 6. The topological polar surface area (TPSA) is 142 Å². The Labute approximate surface area is 256 Å². The van der Waals surface area contributed by atoms with Gasteiger partial charge in [-0.05, 0) is 42.5 Å². The van der Waals surface area contributed by atoms with Crippen molar-refractivity contribution in [3.8, 4) is 17.4 Å². The molecule has 0 aliphatic rings. The zero-order chi connectivity index (χ0) is 31.4. The minimum absolute atomic E-state index is 0.00103. The molecule has 226 valence electrons. The number of ether oxygens (including phenoxy) is 2. The molecule has 0 atom stereocenters. The first-order valence-corrected chi connectivity index (χ1v) is 14.3. The molecule has 0 radical (unpaired) electrons. The highest BCUT2D eigenvalue weighted by Gasteiger charge is 2.42. The summed E-state index contributed by atoms with van der Waals surface area (Å²) in [4.78, 5) is 28.0. The molecule has 2 heterocycles. The normalized spacial score (nSPS) is 11.6. The van der Waals surface area contributed by atoms with Crippen LogP contribution in [0, 0.1) is 0 Å². The standard InChI is InChI=1S/C25H17Cl3F3N5O6S/c26-14-10-20(35-43(39,40)16-3-5-18(27)19(28)12-16)23(33-13-14)41-15-2-4-17(21(11-15)42-24(38)25(29,30)31)22(37)32-7-9-36-8-1-6-34-36/h1-6,8,10-13,35H,7,9H2,(H,32,37). The lowest BCUT2D eigenvalue weighted by Gasteiger charge is -2.15. The zero-order valence-electron chi connectivity index (χ0n) is 21.2. The number of carbonyl (C=O) groups excluding carboxylic acids is 2. The number of pyridine rings is 1. The number of hydrogen-bond donors (Lipinski definition) is 2. The smallest absolute Gasteiger partial charge is 0.437 e. The number of alkyl halides is 3. The third-order valence-corrected chi connectivity index (χ3v) is 7.60. The van der Waals surface area contributed by atoms with Crippen molar-refractivity contribution in [2.75, 3.05) is 11.3 Å². The number of anilines is 1. The predicted molar refractivity (Wildman–Crippen MR) is 149 cm³/mol. The van der Waals surface area contributed by atoms with Crippen LogP contribution in [-0.2, 0) is 21.4 Å². The molecule has 2 aromatic heterocycles. The average molecular weight is 679 g/mol. The lowest BCUT2D eigenvalue weighted by atomic mass is 10.1. The number of esters is 1. The highest BCUT2D eigenvalue weighted by molar-refractivity contribution is 7.92. The number of carbonyl (C=O) groups is 2. The van der Waals surface area contributed by atoms with Crippen molar-refractivity contribution in [1.82, 2.24) is 20.1 Å². The summed E-state index contributed by atoms with van der Waals surface area (Å²) in [6.45, 7) is 0.295. The number of rotatable bonds is 10. The number of benzene rings is 2. The second-order valence-electron chi connectivity index (χ2n) is 8.36. The zero-order valence-corrected chi connectivity index (χ0v) is 24.3. The van der Waals surface area contributed by atoms with Crippen molar-refractivity contribution >= 4 is 62.4 Å². The average Bonchev–Trinajstić information content (AvgIpc) is 3.44. The van der Waals surface area contributed by atoms with Gasteiger partial charge in [0.05, 0.1) is 32.1 Å². The molecule has 0 aliphatic heterocycles. The molecule has 2 aromatic carbocycles. The van der Waals surface area contributed by atoms with Gasteiger partial charge in [0.1, 0.15) is 17.2 Å². The fourth-order valence-electron chi connectivity index (χ4n) is 3.35. The Morgan fingerprint density at radius 3 is 2.47 bits per heavy atom. The largest absolute Gasteiger partial charge is 0.491 e. The SMILES string of the molecule is O=C(NCCn1cccn1)c1ccc(Oc2ncc(Cl)cc2NS(=O)(=O)c2ccc(Cl)c(Cl)c2)cc1OC(=O)C(F)(F)F. The molecule has 0 saturated heterocycles. The maximum atomic E-state index is 13.0. The van der Waals surface area contributed by atoms with Gasteiger partial charge >= 0.3 is 12.1 Å². The van der Waals surface area contributed by atoms with Crippen LogP contribution in [0.2, 0.25) is 15.1 Å². The molecule has 2 N–H and O–H groups in total. The number of hydrogen-bond acceptors (Lipinski definition) is 8. The molecule has 0 saturated carbocycles. The van der Waals surface area contributed by atoms with Crippen LogP contribution in [0.4, 0.5) is 18.9 Å². The summed E-state index contributed by atoms with van der Waals surface area (Å²) in [6, 6.07) is 9.43. The minimum atomic E-state index is -5.38. The van der Waals surface area contributed by atoms with Crippen LogP contribution in [0.5, 0.6) is 17.4 Å². The van der Waals surface area contributed by atoms with Crippen LogP contribution < -0.4 is 19.5 Å². The van der Waals surface area contributed by atoms with Crippen molar-refractivity contribution in [2.45, 2.75) is 17.6 Å². The summed E-state index contributed by atoms with van der Waals surface area (Å²) in [5.41, 5.74) is -0.692. The Morgan fingerprint density at radius 2 is 1.79 bits per heavy atom. The molecular weight excluding hydrogens is 662 g/mol. The number of nitrogens with one attached hydrogen (secondary N) is 2. The van der Waals surface area contributed by atoms with E-state index in [0.29, 0.717) is 0 Å². The maximum Gasteiger partial charge on any atom is 0.491 e. The fourth-order valence-corrected chi connectivity index (χ4v) is 4.94. The van der Waals surface area contributed by atoms with Gasteiger partial charge < -0.3 is 14.8 Å². The molecule has 11 nitrogen and oxygen atoms in total. The Kier molecular flexibility index (Phi) is 9.69. The maximum absolute atomic E-state index is 13.0. The van der Waals surface area contributed by atoms with E-state index in [2.05, 4.69) is 24.9 Å². The predicted octanol–water partition coefficient (Wildman–Crippen LogP) is 5.73. The van der Waals surface area contributed by atoms with Crippen molar-refractivity contribution in [3.05, 3.63) is 87.8 Å². The number of nitrogens with zero attached hydrogens (tertiary/aromatic N) is 3. The summed E-state index contributed by atoms with van der Waals surface area (Å²) in [5.74, 6) is -4.90. The van der Waals surface area contributed by atoms with Gasteiger partial charge in [-0.25, -0.2) is 18.2 Å². The van der Waals surface area contributed by atoms with Crippen LogP contribution in [-0.4, -0.2) is 47.8 Å². The highest BCUT2D eigenvalue weighted by atomic mass is 35.5. The van der Waals surface area contributed by atoms with Gasteiger partial charge in [-0.3, -0.25) is 14.2 Å². The van der Waals surface area contributed by atoms with E-state index in [1.54, 1.807) is 12.3 Å². The third kappa shape index (κ3) is 8.28. The fraction of sp³-hybridized carbons (Fsp3) is 0.120. The van der Waals surface area contributed by atoms with E-state index in [4.69, 9.17) is 39.5 Å². The van der Waals surface area contributed by atoms with Crippen LogP contribution in [0.15, 0.2) is 72.0 Å². The number of amides is 1. The van der Waals surface area contributed by atoms with E-state index < -0.39 is 45.3 Å². The molecule has 0 bridgehead atoms. The number of sulfonamides is 1. The van der Waals surface area contributed by atoms with Crippen molar-refractivity contribution in [3.63, 3.8) is 0 Å². The summed E-state index contributed by atoms with van der Waals surface area (Å²) in [5, 5.41) is 6.54. The molecule has 4 rings (SSSR count). The minimum Gasteiger partial charge on any atom is -0.437 e. The van der Waals surface area contributed by atoms with Gasteiger partial charge in [-0.1, -0.05) is 34.8 Å². The Morgan fingerprint density at radius 1 is 1.02 bits per heavy atom. The molecular formula is C25H17Cl3F3N5O6S. The van der Waals surface area contributed by atoms with Gasteiger partial charge in [0.15, 0.2) is 0 Å². The van der Waals surface area contributed by atoms with Crippen molar-refractivity contribution < 1.29 is 40.7 Å². The lowest BCUT2D eigenvalue weighted by Crippen LogP contribution is -2.31. The van der Waals surface area contributed by atoms with Crippen molar-refractivity contribution in [2.24, 2.45) is 0 Å². The molecule has 18 heteroatoms. The quantitative estimate of drug-likeness (QED) is 0.160. The van der Waals surface area contributed by atoms with Gasteiger partial charge in [0.2, 0.25) is 5.88 Å². The molecule has 0 fully saturated rings. The Bertz CT molecular complexity index is 1770. The third-order valence-electron chi connectivity index (χ3n) is 5.30. The van der Waals surface area contributed by atoms with Gasteiger partial charge in [-0.2, -0.15) is 18.3 Å². The summed E-state index contributed by atoms with van der Waals surface area (Å²) < 4.78 is 78.7. The van der Waals surface area contributed by atoms with Gasteiger partial charge in [0, 0.05) is 31.2 Å². The molecule has 4 aromatic rings. The van der Waals surface area contributed by atoms with E-state index in [1.165, 1.54) is 29.1 Å². The van der Waals surface area contributed by atoms with Gasteiger partial charge in [-0.15, -0.1) is 0 Å². The molecule has 43 heavy (non-hydrogen) atoms. The molecule has 0 spiro atoms. The monoisotopic (exact) mass is 677 g/mol. The Hall–Kier alpha value is -4.05. The number of aromatic nitrogens is 3. The van der Waals surface area contributed by atoms with E-state index in [9.17, 15) is 31.2 Å². The van der Waals surface area contributed by atoms with Crippen LogP contribution in [0.25, 0.3) is 0 Å². The lowest BCUT2D eigenvalue weighted by molar-refractivity contribution is -0.189.